The fourth-order valence-corrected chi connectivity index (χ4v) is 13.3. The Hall–Kier alpha value is -6.76. The summed E-state index contributed by atoms with van der Waals surface area (Å²) < 4.78 is 0. The molecule has 0 spiro atoms. The molecule has 9 aromatic rings. The number of benzene rings is 9. The van der Waals surface area contributed by atoms with E-state index < -0.39 is 0 Å². The van der Waals surface area contributed by atoms with Crippen LogP contribution in [0.15, 0.2) is 170 Å². The summed E-state index contributed by atoms with van der Waals surface area (Å²) in [6.45, 7) is 23.6. The van der Waals surface area contributed by atoms with E-state index in [-0.39, 0.29) is 26.9 Å². The molecule has 4 heteroatoms. The van der Waals surface area contributed by atoms with Gasteiger partial charge in [-0.05, 0) is 114 Å². The topological polar surface area (TPSA) is 0 Å². The highest BCUT2D eigenvalue weighted by Crippen LogP contribution is 2.39. The normalized spacial score (nSPS) is 12.7. The number of aryl methyl sites for hydroxylation is 6. The fourth-order valence-electron chi connectivity index (χ4n) is 13.3. The summed E-state index contributed by atoms with van der Waals surface area (Å²) in [5, 5.41) is 0. The molecular formula is C64H58B4. The Morgan fingerprint density at radius 1 is 0.250 bits per heavy atom. The van der Waals surface area contributed by atoms with Gasteiger partial charge in [0.2, 0.25) is 26.9 Å². The average Bonchev–Trinajstić information content (AvgIpc) is 3.33. The van der Waals surface area contributed by atoms with Crippen molar-refractivity contribution in [3.63, 3.8) is 0 Å². The molecule has 2 aliphatic rings. The Morgan fingerprint density at radius 3 is 0.706 bits per heavy atom. The van der Waals surface area contributed by atoms with Crippen LogP contribution in [0.2, 0.25) is 0 Å². The lowest BCUT2D eigenvalue weighted by Gasteiger charge is -2.33. The van der Waals surface area contributed by atoms with Crippen molar-refractivity contribution in [3.05, 3.63) is 225 Å². The van der Waals surface area contributed by atoms with E-state index in [4.69, 9.17) is 0 Å². The molecule has 0 aromatic heterocycles. The third-order valence-electron chi connectivity index (χ3n) is 16.2. The first-order valence-corrected chi connectivity index (χ1v) is 24.7. The van der Waals surface area contributed by atoms with Crippen molar-refractivity contribution in [3.8, 4) is 22.3 Å². The highest BCUT2D eigenvalue weighted by molar-refractivity contribution is 7.12. The lowest BCUT2D eigenvalue weighted by atomic mass is 9.20. The van der Waals surface area contributed by atoms with E-state index in [1.54, 1.807) is 0 Å². The Morgan fingerprint density at radius 2 is 0.471 bits per heavy atom. The molecule has 68 heavy (non-hydrogen) atoms. The Balaban J connectivity index is 0.936. The standard InChI is InChI=1S/C64H58B4/c1-39-35-41(3)63(42(4)36-39)67-57-23-15-11-19-53(57)65(54-20-12-16-24-58(54)67)51-31-27-49(28-32-51)61-45(7)47(9)62(48(10)46(61)8)50-29-33-52(34-30-50)66-55-21-13-17-25-59(55)68(60-26-18-14-22-56(60)66)64-43(5)37-40(2)38-44(64)6/h11-38H,1-10H3. The molecular weight excluding hydrogens is 812 g/mol. The van der Waals surface area contributed by atoms with Crippen molar-refractivity contribution in [1.29, 1.82) is 0 Å². The van der Waals surface area contributed by atoms with E-state index in [0.29, 0.717) is 0 Å². The van der Waals surface area contributed by atoms with Gasteiger partial charge < -0.3 is 0 Å². The summed E-state index contributed by atoms with van der Waals surface area (Å²) in [5.41, 5.74) is 35.7. The van der Waals surface area contributed by atoms with E-state index in [2.05, 4.69) is 239 Å². The molecule has 0 nitrogen and oxygen atoms in total. The molecule has 2 heterocycles. The summed E-state index contributed by atoms with van der Waals surface area (Å²) in [4.78, 5) is 0. The van der Waals surface area contributed by atoms with Crippen LogP contribution in [0.4, 0.5) is 0 Å². The van der Waals surface area contributed by atoms with E-state index >= 15 is 0 Å². The van der Waals surface area contributed by atoms with Crippen molar-refractivity contribution in [1.82, 2.24) is 0 Å². The number of rotatable bonds is 6. The van der Waals surface area contributed by atoms with Gasteiger partial charge in [0.15, 0.2) is 0 Å². The van der Waals surface area contributed by atoms with Crippen LogP contribution in [0, 0.1) is 69.2 Å². The third kappa shape index (κ3) is 7.02. The van der Waals surface area contributed by atoms with Crippen LogP contribution in [0.5, 0.6) is 0 Å². The molecule has 0 saturated heterocycles. The van der Waals surface area contributed by atoms with E-state index in [1.165, 1.54) is 143 Å². The zero-order valence-corrected chi connectivity index (χ0v) is 41.5. The maximum Gasteiger partial charge on any atom is 0.240 e. The molecule has 11 rings (SSSR count). The smallest absolute Gasteiger partial charge is 0.0733 e. The number of hydrogen-bond donors (Lipinski definition) is 0. The van der Waals surface area contributed by atoms with Gasteiger partial charge in [-0.3, -0.25) is 0 Å². The van der Waals surface area contributed by atoms with Gasteiger partial charge >= 0.3 is 0 Å². The van der Waals surface area contributed by atoms with Crippen LogP contribution < -0.4 is 65.6 Å². The van der Waals surface area contributed by atoms with Gasteiger partial charge in [0.1, 0.15) is 0 Å². The third-order valence-corrected chi connectivity index (χ3v) is 16.2. The van der Waals surface area contributed by atoms with Gasteiger partial charge in [-0.15, -0.1) is 0 Å². The molecule has 326 valence electrons. The largest absolute Gasteiger partial charge is 0.240 e. The minimum Gasteiger partial charge on any atom is -0.0733 e. The van der Waals surface area contributed by atoms with Crippen LogP contribution in [0.3, 0.4) is 0 Å². The maximum atomic E-state index is 2.40. The first kappa shape index (κ1) is 43.8. The second kappa shape index (κ2) is 17.1. The monoisotopic (exact) mass is 870 g/mol. The predicted molar refractivity (Wildman–Crippen MR) is 302 cm³/mol. The highest BCUT2D eigenvalue weighted by Gasteiger charge is 2.41. The second-order valence-electron chi connectivity index (χ2n) is 20.4. The first-order chi connectivity index (χ1) is 32.9. The van der Waals surface area contributed by atoms with Gasteiger partial charge in [-0.1, -0.05) is 269 Å². The second-order valence-corrected chi connectivity index (χ2v) is 20.4. The van der Waals surface area contributed by atoms with Gasteiger partial charge in [0.05, 0.1) is 0 Å². The summed E-state index contributed by atoms with van der Waals surface area (Å²) >= 11 is 0. The molecule has 0 unspecified atom stereocenters. The zero-order chi connectivity index (χ0) is 47.1. The summed E-state index contributed by atoms with van der Waals surface area (Å²) in [5.74, 6) is 0. The molecule has 0 bridgehead atoms. The Labute approximate surface area is 407 Å². The lowest BCUT2D eigenvalue weighted by Crippen LogP contribution is -2.75. The molecule has 0 radical (unpaired) electrons. The quantitative estimate of drug-likeness (QED) is 0.162. The summed E-state index contributed by atoms with van der Waals surface area (Å²) in [6.07, 6.45) is 0. The van der Waals surface area contributed by atoms with Crippen molar-refractivity contribution in [2.45, 2.75) is 69.2 Å². The molecule has 0 N–H and O–H groups in total. The highest BCUT2D eigenvalue weighted by atomic mass is 14.2. The van der Waals surface area contributed by atoms with Crippen LogP contribution in [0.25, 0.3) is 22.3 Å². The van der Waals surface area contributed by atoms with Gasteiger partial charge in [-0.25, -0.2) is 0 Å². The average molecular weight is 870 g/mol. The molecule has 9 aromatic carbocycles. The zero-order valence-electron chi connectivity index (χ0n) is 41.5. The van der Waals surface area contributed by atoms with Crippen molar-refractivity contribution in [2.24, 2.45) is 0 Å². The Bertz CT molecular complexity index is 3070. The van der Waals surface area contributed by atoms with Crippen LogP contribution in [-0.2, 0) is 0 Å². The van der Waals surface area contributed by atoms with Crippen molar-refractivity contribution >= 4 is 92.4 Å². The van der Waals surface area contributed by atoms with E-state index in [9.17, 15) is 0 Å². The van der Waals surface area contributed by atoms with Crippen LogP contribution in [0.1, 0.15) is 55.6 Å². The maximum absolute atomic E-state index is 2.40. The van der Waals surface area contributed by atoms with Crippen molar-refractivity contribution < 1.29 is 0 Å². The molecule has 0 saturated carbocycles. The molecule has 0 amide bonds. The molecule has 0 atom stereocenters. The number of fused-ring (bicyclic) bond motifs is 4. The molecule has 0 aliphatic carbocycles. The minimum atomic E-state index is 0.161. The van der Waals surface area contributed by atoms with E-state index in [0.717, 1.165) is 0 Å². The van der Waals surface area contributed by atoms with Crippen LogP contribution >= 0.6 is 0 Å². The number of hydrogen-bond acceptors (Lipinski definition) is 0. The van der Waals surface area contributed by atoms with Crippen LogP contribution in [-0.4, -0.2) is 26.9 Å². The first-order valence-electron chi connectivity index (χ1n) is 24.7. The van der Waals surface area contributed by atoms with Gasteiger partial charge in [-0.2, -0.15) is 0 Å². The minimum absolute atomic E-state index is 0.161. The fraction of sp³-hybridized carbons (Fsp3) is 0.156. The molecule has 0 fully saturated rings. The summed E-state index contributed by atoms with van der Waals surface area (Å²) in [6, 6.07) is 65.4. The SMILES string of the molecule is Cc1cc(C)c(B2c3ccccc3B(c3ccc(-c4c(C)c(C)c(-c5ccc(B6c7ccccc7B(c7c(C)cc(C)cc7C)c7ccccc76)cc5)c(C)c4C)cc3)c3ccccc32)c(C)c1. The lowest BCUT2D eigenvalue weighted by molar-refractivity contribution is 1.25. The molecule has 2 aliphatic heterocycles. The van der Waals surface area contributed by atoms with Gasteiger partial charge in [0.25, 0.3) is 0 Å². The Kier molecular flexibility index (Phi) is 11.0. The van der Waals surface area contributed by atoms with Gasteiger partial charge in [0, 0.05) is 0 Å². The summed E-state index contributed by atoms with van der Waals surface area (Å²) in [7, 11) is 0. The predicted octanol–water partition coefficient (Wildman–Crippen LogP) is 6.80. The van der Waals surface area contributed by atoms with E-state index in [1.807, 2.05) is 0 Å². The van der Waals surface area contributed by atoms with Crippen molar-refractivity contribution in [2.75, 3.05) is 0 Å².